The normalized spacial score (nSPS) is 10.2. The van der Waals surface area contributed by atoms with Crippen LogP contribution in [0.1, 0.15) is 0 Å². The number of rotatable bonds is 1. The molecule has 5 N–H and O–H groups in total. The van der Waals surface area contributed by atoms with E-state index in [1.165, 1.54) is 0 Å². The number of hydrogen-bond donors (Lipinski definition) is 4. The van der Waals surface area contributed by atoms with Crippen molar-refractivity contribution in [2.75, 3.05) is 5.43 Å². The van der Waals surface area contributed by atoms with Gasteiger partial charge >= 0.3 is 10.4 Å². The van der Waals surface area contributed by atoms with Gasteiger partial charge in [0.05, 0.1) is 10.7 Å². The van der Waals surface area contributed by atoms with Gasteiger partial charge in [0.2, 0.25) is 0 Å². The summed E-state index contributed by atoms with van der Waals surface area (Å²) in [5, 5.41) is 1.17. The molecule has 0 unspecified atom stereocenters. The Morgan fingerprint density at radius 3 is 2.07 bits per heavy atom. The second-order valence-corrected chi connectivity index (χ2v) is 3.96. The van der Waals surface area contributed by atoms with Gasteiger partial charge in [-0.2, -0.15) is 8.42 Å². The summed E-state index contributed by atoms with van der Waals surface area (Å²) >= 11 is 11.3. The predicted octanol–water partition coefficient (Wildman–Crippen LogP) is 1.63. The van der Waals surface area contributed by atoms with E-state index in [9.17, 15) is 0 Å². The molecule has 0 aliphatic heterocycles. The fourth-order valence-electron chi connectivity index (χ4n) is 0.608. The Hall–Kier alpha value is -0.570. The van der Waals surface area contributed by atoms with Crippen LogP contribution in [-0.2, 0) is 10.4 Å². The minimum atomic E-state index is -4.67. The predicted molar refractivity (Wildman–Crippen MR) is 58.4 cm³/mol. The van der Waals surface area contributed by atoms with E-state index in [2.05, 4.69) is 5.43 Å². The highest BCUT2D eigenvalue weighted by Crippen LogP contribution is 2.23. The van der Waals surface area contributed by atoms with Crippen molar-refractivity contribution >= 4 is 39.3 Å². The van der Waals surface area contributed by atoms with Gasteiger partial charge in [-0.15, -0.1) is 0 Å². The fraction of sp³-hybridized carbons (Fsp3) is 0. The van der Waals surface area contributed by atoms with Gasteiger partial charge in [0, 0.05) is 5.02 Å². The molecule has 0 heterocycles. The maximum absolute atomic E-state index is 8.74. The molecule has 1 aromatic carbocycles. The SMILES string of the molecule is NNc1cc(Cl)ccc1Cl.O=S(=O)(O)O. The molecule has 1 aromatic rings. The largest absolute Gasteiger partial charge is 0.394 e. The lowest BCUT2D eigenvalue weighted by molar-refractivity contribution is 0.381. The molecule has 0 spiro atoms. The van der Waals surface area contributed by atoms with E-state index >= 15 is 0 Å². The smallest absolute Gasteiger partial charge is 0.323 e. The van der Waals surface area contributed by atoms with Crippen LogP contribution in [0.15, 0.2) is 18.2 Å². The highest BCUT2D eigenvalue weighted by atomic mass is 35.5. The number of nitrogens with one attached hydrogen (secondary N) is 1. The third-order valence-corrected chi connectivity index (χ3v) is 1.65. The maximum Gasteiger partial charge on any atom is 0.394 e. The number of hydrazine groups is 1. The van der Waals surface area contributed by atoms with Crippen LogP contribution in [0.3, 0.4) is 0 Å². The zero-order valence-electron chi connectivity index (χ0n) is 7.18. The first-order valence-electron chi connectivity index (χ1n) is 3.35. The summed E-state index contributed by atoms with van der Waals surface area (Å²) in [5.74, 6) is 5.13. The summed E-state index contributed by atoms with van der Waals surface area (Å²) in [7, 11) is -4.67. The van der Waals surface area contributed by atoms with Crippen molar-refractivity contribution in [3.05, 3.63) is 28.2 Å². The van der Waals surface area contributed by atoms with E-state index < -0.39 is 10.4 Å². The molecule has 1 rings (SSSR count). The molecule has 0 aliphatic carbocycles. The first kappa shape index (κ1) is 14.4. The third-order valence-electron chi connectivity index (χ3n) is 1.08. The van der Waals surface area contributed by atoms with E-state index in [0.717, 1.165) is 0 Å². The standard InChI is InChI=1S/C6H6Cl2N2.H2O4S/c7-4-1-2-5(8)6(3-4)10-9;1-5(2,3)4/h1-3,10H,9H2;(H2,1,2,3,4). The highest BCUT2D eigenvalue weighted by Gasteiger charge is 1.96. The lowest BCUT2D eigenvalue weighted by Crippen LogP contribution is -2.06. The van der Waals surface area contributed by atoms with Crippen LogP contribution in [-0.4, -0.2) is 17.5 Å². The number of benzene rings is 1. The zero-order chi connectivity index (χ0) is 12.1. The van der Waals surface area contributed by atoms with E-state index in [-0.39, 0.29) is 0 Å². The summed E-state index contributed by atoms with van der Waals surface area (Å²) in [6.07, 6.45) is 0. The van der Waals surface area contributed by atoms with Gasteiger partial charge in [-0.25, -0.2) is 0 Å². The average Bonchev–Trinajstić information content (AvgIpc) is 2.06. The van der Waals surface area contributed by atoms with E-state index in [0.29, 0.717) is 15.7 Å². The van der Waals surface area contributed by atoms with Gasteiger partial charge in [0.15, 0.2) is 0 Å². The van der Waals surface area contributed by atoms with Crippen LogP contribution in [0, 0.1) is 0 Å². The molecule has 0 amide bonds. The number of anilines is 1. The molecule has 15 heavy (non-hydrogen) atoms. The Kier molecular flexibility index (Phi) is 5.88. The molecule has 0 aromatic heterocycles. The van der Waals surface area contributed by atoms with Crippen LogP contribution < -0.4 is 11.3 Å². The topological polar surface area (TPSA) is 113 Å². The molecule has 0 saturated heterocycles. The Morgan fingerprint density at radius 2 is 1.73 bits per heavy atom. The number of nitrogen functional groups attached to an aromatic ring is 1. The molecule has 0 aliphatic rings. The highest BCUT2D eigenvalue weighted by molar-refractivity contribution is 7.79. The third kappa shape index (κ3) is 8.43. The molecule has 9 heteroatoms. The molecular formula is C6H8Cl2N2O4S. The van der Waals surface area contributed by atoms with Crippen LogP contribution in [0.2, 0.25) is 10.0 Å². The fourth-order valence-corrected chi connectivity index (χ4v) is 0.952. The van der Waals surface area contributed by atoms with Crippen molar-refractivity contribution < 1.29 is 17.5 Å². The second kappa shape index (κ2) is 6.11. The quantitative estimate of drug-likeness (QED) is 0.352. The van der Waals surface area contributed by atoms with Gasteiger partial charge in [-0.1, -0.05) is 23.2 Å². The Bertz CT molecular complexity index is 415. The summed E-state index contributed by atoms with van der Waals surface area (Å²) in [4.78, 5) is 0. The lowest BCUT2D eigenvalue weighted by atomic mass is 10.3. The van der Waals surface area contributed by atoms with Gasteiger partial charge in [0.25, 0.3) is 0 Å². The van der Waals surface area contributed by atoms with Gasteiger partial charge in [0.1, 0.15) is 0 Å². The van der Waals surface area contributed by atoms with Crippen LogP contribution in [0.5, 0.6) is 0 Å². The molecule has 86 valence electrons. The summed E-state index contributed by atoms with van der Waals surface area (Å²) < 4.78 is 31.6. The number of hydrogen-bond acceptors (Lipinski definition) is 4. The minimum Gasteiger partial charge on any atom is -0.323 e. The van der Waals surface area contributed by atoms with Crippen LogP contribution >= 0.6 is 23.2 Å². The van der Waals surface area contributed by atoms with E-state index in [1.807, 2.05) is 0 Å². The molecule has 6 nitrogen and oxygen atoms in total. The van der Waals surface area contributed by atoms with Crippen molar-refractivity contribution in [3.8, 4) is 0 Å². The molecule has 0 saturated carbocycles. The number of nitrogens with two attached hydrogens (primary N) is 1. The van der Waals surface area contributed by atoms with E-state index in [4.69, 9.17) is 46.6 Å². The number of halogens is 2. The first-order chi connectivity index (χ1) is 6.74. The van der Waals surface area contributed by atoms with Crippen molar-refractivity contribution in [1.29, 1.82) is 0 Å². The zero-order valence-corrected chi connectivity index (χ0v) is 9.51. The Labute approximate surface area is 96.5 Å². The van der Waals surface area contributed by atoms with Gasteiger partial charge < -0.3 is 5.43 Å². The molecular weight excluding hydrogens is 267 g/mol. The minimum absolute atomic E-state index is 0.562. The van der Waals surface area contributed by atoms with E-state index in [1.54, 1.807) is 18.2 Å². The lowest BCUT2D eigenvalue weighted by Gasteiger charge is -2.01. The van der Waals surface area contributed by atoms with Gasteiger partial charge in [-0.05, 0) is 18.2 Å². The first-order valence-corrected chi connectivity index (χ1v) is 5.51. The molecule has 0 radical (unpaired) electrons. The summed E-state index contributed by atoms with van der Waals surface area (Å²) in [6, 6.07) is 5.04. The molecule has 0 fully saturated rings. The van der Waals surface area contributed by atoms with Gasteiger partial charge in [-0.3, -0.25) is 14.9 Å². The summed E-state index contributed by atoms with van der Waals surface area (Å²) in [6.45, 7) is 0. The molecule has 0 atom stereocenters. The molecule has 0 bridgehead atoms. The van der Waals surface area contributed by atoms with Crippen molar-refractivity contribution in [1.82, 2.24) is 0 Å². The maximum atomic E-state index is 8.74. The van der Waals surface area contributed by atoms with Crippen molar-refractivity contribution in [2.24, 2.45) is 5.84 Å². The Morgan fingerprint density at radius 1 is 1.27 bits per heavy atom. The Balaban J connectivity index is 0.000000336. The van der Waals surface area contributed by atoms with Crippen LogP contribution in [0.25, 0.3) is 0 Å². The van der Waals surface area contributed by atoms with Crippen LogP contribution in [0.4, 0.5) is 5.69 Å². The monoisotopic (exact) mass is 274 g/mol. The van der Waals surface area contributed by atoms with Crippen molar-refractivity contribution in [2.45, 2.75) is 0 Å². The van der Waals surface area contributed by atoms with Crippen molar-refractivity contribution in [3.63, 3.8) is 0 Å². The summed E-state index contributed by atoms with van der Waals surface area (Å²) in [5.41, 5.74) is 3.05. The second-order valence-electron chi connectivity index (χ2n) is 2.22. The average molecular weight is 275 g/mol.